The molecular weight excluding hydrogens is 329 g/mol. The van der Waals surface area contributed by atoms with Crippen molar-refractivity contribution in [3.05, 3.63) is 0 Å². The van der Waals surface area contributed by atoms with Crippen LogP contribution in [0, 0.1) is 5.92 Å². The highest BCUT2D eigenvalue weighted by atomic mass is 19.4. The molecule has 134 valence electrons. The maximum absolute atomic E-state index is 13.0. The number of halogens is 5. The number of nitrogens with one attached hydrogen (secondary N) is 1. The van der Waals surface area contributed by atoms with E-state index in [0.29, 0.717) is 0 Å². The quantitative estimate of drug-likeness (QED) is 0.613. The van der Waals surface area contributed by atoms with Crippen LogP contribution in [0.15, 0.2) is 0 Å². The third-order valence-electron chi connectivity index (χ3n) is 2.49. The average Bonchev–Trinajstić information content (AvgIpc) is 2.30. The Morgan fingerprint density at radius 1 is 0.957 bits per heavy atom. The molecule has 0 aromatic heterocycles. The summed E-state index contributed by atoms with van der Waals surface area (Å²) in [5.74, 6) is -11.7. The second-order valence-electron chi connectivity index (χ2n) is 6.13. The second kappa shape index (κ2) is 6.79. The van der Waals surface area contributed by atoms with Crippen LogP contribution in [0.1, 0.15) is 34.6 Å². The molecule has 0 radical (unpaired) electrons. The van der Waals surface area contributed by atoms with Crippen molar-refractivity contribution in [3.63, 3.8) is 0 Å². The van der Waals surface area contributed by atoms with Crippen molar-refractivity contribution in [2.45, 2.75) is 58.4 Å². The number of alkyl halides is 5. The van der Waals surface area contributed by atoms with E-state index in [4.69, 9.17) is 4.74 Å². The van der Waals surface area contributed by atoms with Crippen LogP contribution < -0.4 is 5.32 Å². The number of amides is 1. The Hall–Kier alpha value is -1.74. The molecule has 0 aromatic rings. The van der Waals surface area contributed by atoms with Crippen molar-refractivity contribution in [2.75, 3.05) is 0 Å². The first-order valence-corrected chi connectivity index (χ1v) is 6.53. The number of hydrogen-bond acceptors (Lipinski definition) is 4. The molecule has 0 aromatic carbocycles. The van der Waals surface area contributed by atoms with Gasteiger partial charge in [0.05, 0.1) is 0 Å². The van der Waals surface area contributed by atoms with Gasteiger partial charge in [0.25, 0.3) is 5.78 Å². The van der Waals surface area contributed by atoms with Gasteiger partial charge in [-0.15, -0.1) is 0 Å². The first-order chi connectivity index (χ1) is 10.0. The molecule has 0 heterocycles. The minimum absolute atomic E-state index is 0.914. The molecule has 0 aliphatic heterocycles. The lowest BCUT2D eigenvalue weighted by Crippen LogP contribution is -2.55. The number of hydrogen-bond donors (Lipinski definition) is 1. The maximum Gasteiger partial charge on any atom is 0.461 e. The number of rotatable bonds is 5. The molecule has 0 rings (SSSR count). The average molecular weight is 347 g/mol. The number of alkyl carbamates (subject to hydrolysis) is 1. The molecule has 0 aliphatic carbocycles. The van der Waals surface area contributed by atoms with Crippen molar-refractivity contribution < 1.29 is 41.1 Å². The molecule has 23 heavy (non-hydrogen) atoms. The third kappa shape index (κ3) is 5.76. The molecular formula is C13H18F5NO4. The van der Waals surface area contributed by atoms with Crippen molar-refractivity contribution in [1.82, 2.24) is 5.32 Å². The summed E-state index contributed by atoms with van der Waals surface area (Å²) >= 11 is 0. The Kier molecular flexibility index (Phi) is 6.28. The summed E-state index contributed by atoms with van der Waals surface area (Å²) in [5.41, 5.74) is -0.991. The summed E-state index contributed by atoms with van der Waals surface area (Å²) in [4.78, 5) is 34.4. The summed E-state index contributed by atoms with van der Waals surface area (Å²) in [5, 5.41) is 1.85. The highest BCUT2D eigenvalue weighted by Crippen LogP contribution is 2.36. The van der Waals surface area contributed by atoms with Gasteiger partial charge >= 0.3 is 18.2 Å². The minimum atomic E-state index is -6.20. The van der Waals surface area contributed by atoms with E-state index in [1.54, 1.807) is 0 Å². The normalized spacial score (nSPS) is 14.4. The predicted octanol–water partition coefficient (Wildman–Crippen LogP) is 2.87. The summed E-state index contributed by atoms with van der Waals surface area (Å²) in [7, 11) is 0. The molecule has 0 saturated heterocycles. The molecule has 1 unspecified atom stereocenters. The van der Waals surface area contributed by atoms with E-state index >= 15 is 0 Å². The predicted molar refractivity (Wildman–Crippen MR) is 69.0 cm³/mol. The van der Waals surface area contributed by atoms with Crippen molar-refractivity contribution >= 4 is 17.7 Å². The van der Waals surface area contributed by atoms with Gasteiger partial charge in [-0.25, -0.2) is 4.79 Å². The lowest BCUT2D eigenvalue weighted by atomic mass is 9.95. The summed E-state index contributed by atoms with van der Waals surface area (Å²) in [6.45, 7) is 6.95. The molecule has 10 heteroatoms. The fourth-order valence-corrected chi connectivity index (χ4v) is 1.39. The molecule has 0 fully saturated rings. The smallest absolute Gasteiger partial charge is 0.444 e. The largest absolute Gasteiger partial charge is 0.461 e. The fourth-order valence-electron chi connectivity index (χ4n) is 1.39. The Balaban J connectivity index is 5.30. The van der Waals surface area contributed by atoms with Crippen LogP contribution in [0.25, 0.3) is 0 Å². The minimum Gasteiger partial charge on any atom is -0.444 e. The van der Waals surface area contributed by atoms with Crippen LogP contribution in [0.3, 0.4) is 0 Å². The number of Topliss-reactive ketones (excluding diaryl/α,β-unsaturated/α-hetero) is 2. The fraction of sp³-hybridized carbons (Fsp3) is 0.769. The van der Waals surface area contributed by atoms with Gasteiger partial charge < -0.3 is 10.1 Å². The summed E-state index contributed by atoms with van der Waals surface area (Å²) in [6.07, 6.45) is -7.42. The Bertz CT molecular complexity index is 480. The van der Waals surface area contributed by atoms with E-state index in [0.717, 1.165) is 0 Å². The van der Waals surface area contributed by atoms with Crippen LogP contribution >= 0.6 is 0 Å². The first-order valence-electron chi connectivity index (χ1n) is 6.53. The lowest BCUT2D eigenvalue weighted by Gasteiger charge is -2.26. The number of carbonyl (C=O) groups is 3. The van der Waals surface area contributed by atoms with Gasteiger partial charge in [0, 0.05) is 0 Å². The summed E-state index contributed by atoms with van der Waals surface area (Å²) < 4.78 is 67.2. The van der Waals surface area contributed by atoms with E-state index in [-0.39, 0.29) is 0 Å². The van der Waals surface area contributed by atoms with Gasteiger partial charge in [-0.1, -0.05) is 13.8 Å². The highest BCUT2D eigenvalue weighted by molar-refractivity contribution is 6.42. The van der Waals surface area contributed by atoms with E-state index in [1.165, 1.54) is 34.6 Å². The lowest BCUT2D eigenvalue weighted by molar-refractivity contribution is -0.267. The van der Waals surface area contributed by atoms with Gasteiger partial charge in [-0.3, -0.25) is 9.59 Å². The number of ether oxygens (including phenoxy) is 1. The molecule has 1 N–H and O–H groups in total. The van der Waals surface area contributed by atoms with E-state index in [9.17, 15) is 36.3 Å². The summed E-state index contributed by atoms with van der Waals surface area (Å²) in [6, 6.07) is -1.87. The van der Waals surface area contributed by atoms with Crippen molar-refractivity contribution in [2.24, 2.45) is 5.92 Å². The van der Waals surface area contributed by atoms with Gasteiger partial charge in [-0.2, -0.15) is 22.0 Å². The molecule has 0 spiro atoms. The van der Waals surface area contributed by atoms with Gasteiger partial charge in [0.15, 0.2) is 0 Å². The molecule has 1 atom stereocenters. The molecule has 0 bridgehead atoms. The van der Waals surface area contributed by atoms with E-state index in [1.807, 2.05) is 5.32 Å². The Labute approximate surface area is 129 Å². The Morgan fingerprint density at radius 2 is 1.39 bits per heavy atom. The number of ketones is 2. The SMILES string of the molecule is CC(C)C(NC(=O)OC(C)(C)C)C(=O)C(=O)C(F)(F)C(F)(F)F. The highest BCUT2D eigenvalue weighted by Gasteiger charge is 2.65. The first kappa shape index (κ1) is 21.3. The van der Waals surface area contributed by atoms with Crippen LogP contribution in [-0.2, 0) is 14.3 Å². The zero-order chi connectivity index (χ0) is 18.8. The van der Waals surface area contributed by atoms with E-state index < -0.39 is 47.3 Å². The Morgan fingerprint density at radius 3 is 1.70 bits per heavy atom. The van der Waals surface area contributed by atoms with Crippen LogP contribution in [0.2, 0.25) is 0 Å². The topological polar surface area (TPSA) is 72.5 Å². The van der Waals surface area contributed by atoms with Gasteiger partial charge in [-0.05, 0) is 26.7 Å². The van der Waals surface area contributed by atoms with Crippen LogP contribution in [0.5, 0.6) is 0 Å². The van der Waals surface area contributed by atoms with Gasteiger partial charge in [0.2, 0.25) is 5.78 Å². The molecule has 5 nitrogen and oxygen atoms in total. The van der Waals surface area contributed by atoms with Crippen LogP contribution in [0.4, 0.5) is 26.7 Å². The van der Waals surface area contributed by atoms with Crippen molar-refractivity contribution in [1.29, 1.82) is 0 Å². The third-order valence-corrected chi connectivity index (χ3v) is 2.49. The van der Waals surface area contributed by atoms with Crippen molar-refractivity contribution in [3.8, 4) is 0 Å². The van der Waals surface area contributed by atoms with Gasteiger partial charge in [0.1, 0.15) is 11.6 Å². The second-order valence-corrected chi connectivity index (χ2v) is 6.13. The monoisotopic (exact) mass is 347 g/mol. The van der Waals surface area contributed by atoms with Crippen LogP contribution in [-0.4, -0.2) is 41.4 Å². The zero-order valence-electron chi connectivity index (χ0n) is 13.2. The maximum atomic E-state index is 13.0. The standard InChI is InChI=1S/C13H18F5NO4/c1-6(2)7(19-10(22)23-11(3,4)5)8(20)9(21)12(14,15)13(16,17)18/h6-7H,1-5H3,(H,19,22). The van der Waals surface area contributed by atoms with E-state index in [2.05, 4.69) is 0 Å². The number of carbonyl (C=O) groups excluding carboxylic acids is 3. The zero-order valence-corrected chi connectivity index (χ0v) is 13.2. The molecule has 0 aliphatic rings. The molecule has 0 saturated carbocycles. The molecule has 1 amide bonds.